The molecule has 2 fully saturated rings. The Labute approximate surface area is 119 Å². The Morgan fingerprint density at radius 2 is 1.74 bits per heavy atom. The maximum Gasteiger partial charge on any atom is 0.0480 e. The third-order valence-electron chi connectivity index (χ3n) is 4.69. The van der Waals surface area contributed by atoms with Crippen molar-refractivity contribution in [3.8, 4) is 0 Å². The lowest BCUT2D eigenvalue weighted by Crippen LogP contribution is -2.43. The van der Waals surface area contributed by atoms with Crippen molar-refractivity contribution < 1.29 is 4.74 Å². The first-order valence-electron chi connectivity index (χ1n) is 8.15. The van der Waals surface area contributed by atoms with E-state index in [0.29, 0.717) is 0 Å². The van der Waals surface area contributed by atoms with E-state index in [1.54, 1.807) is 0 Å². The number of ether oxygens (including phenoxy) is 1. The molecule has 2 aliphatic heterocycles. The van der Waals surface area contributed by atoms with Crippen molar-refractivity contribution in [2.24, 2.45) is 11.8 Å². The van der Waals surface area contributed by atoms with Crippen LogP contribution in [-0.4, -0.2) is 62.3 Å². The summed E-state index contributed by atoms with van der Waals surface area (Å²) in [5.41, 5.74) is 0. The predicted molar refractivity (Wildman–Crippen MR) is 80.5 cm³/mol. The van der Waals surface area contributed by atoms with Crippen molar-refractivity contribution >= 4 is 0 Å². The second-order valence-corrected chi connectivity index (χ2v) is 6.92. The number of nitrogens with zero attached hydrogens (tertiary/aromatic N) is 2. The lowest BCUT2D eigenvalue weighted by atomic mass is 9.94. The van der Waals surface area contributed by atoms with E-state index >= 15 is 0 Å². The second-order valence-electron chi connectivity index (χ2n) is 6.92. The van der Waals surface area contributed by atoms with Gasteiger partial charge in [-0.1, -0.05) is 13.8 Å². The minimum Gasteiger partial charge on any atom is -0.381 e. The van der Waals surface area contributed by atoms with Crippen LogP contribution < -0.4 is 0 Å². The molecule has 0 bridgehead atoms. The fourth-order valence-electron chi connectivity index (χ4n) is 3.55. The summed E-state index contributed by atoms with van der Waals surface area (Å²) in [4.78, 5) is 5.25. The van der Waals surface area contributed by atoms with Gasteiger partial charge in [0.1, 0.15) is 0 Å². The van der Waals surface area contributed by atoms with E-state index in [0.717, 1.165) is 31.1 Å². The lowest BCUT2D eigenvalue weighted by molar-refractivity contribution is 0.0332. The molecular formula is C16H32N2O. The van der Waals surface area contributed by atoms with Gasteiger partial charge in [0.2, 0.25) is 0 Å². The third kappa shape index (κ3) is 5.05. The molecule has 0 atom stereocenters. The standard InChI is InChI=1S/C16H32N2O/c1-14(2)12-18-8-4-15(5-9-18)13-17(3)16-6-10-19-11-7-16/h14-16H,4-13H2,1-3H3. The van der Waals surface area contributed by atoms with Gasteiger partial charge in [0.05, 0.1) is 0 Å². The van der Waals surface area contributed by atoms with E-state index in [2.05, 4.69) is 30.7 Å². The minimum atomic E-state index is 0.766. The summed E-state index contributed by atoms with van der Waals surface area (Å²) in [5, 5.41) is 0. The Bertz CT molecular complexity index is 243. The van der Waals surface area contributed by atoms with E-state index in [-0.39, 0.29) is 0 Å². The van der Waals surface area contributed by atoms with Crippen LogP contribution in [0.15, 0.2) is 0 Å². The number of likely N-dealkylation sites (tertiary alicyclic amines) is 1. The van der Waals surface area contributed by atoms with Gasteiger partial charge < -0.3 is 14.5 Å². The van der Waals surface area contributed by atoms with Crippen molar-refractivity contribution in [1.29, 1.82) is 0 Å². The molecule has 0 N–H and O–H groups in total. The van der Waals surface area contributed by atoms with Gasteiger partial charge in [-0.2, -0.15) is 0 Å². The summed E-state index contributed by atoms with van der Waals surface area (Å²) in [6.07, 6.45) is 5.23. The fourth-order valence-corrected chi connectivity index (χ4v) is 3.55. The summed E-state index contributed by atoms with van der Waals surface area (Å²) in [6, 6.07) is 0.766. The maximum absolute atomic E-state index is 5.46. The highest BCUT2D eigenvalue weighted by molar-refractivity contribution is 4.78. The fraction of sp³-hybridized carbons (Fsp3) is 1.00. The Kier molecular flexibility index (Phi) is 6.11. The predicted octanol–water partition coefficient (Wildman–Crippen LogP) is 2.47. The van der Waals surface area contributed by atoms with Crippen molar-refractivity contribution in [3.63, 3.8) is 0 Å². The van der Waals surface area contributed by atoms with Crippen LogP contribution >= 0.6 is 0 Å². The largest absolute Gasteiger partial charge is 0.381 e. The maximum atomic E-state index is 5.46. The van der Waals surface area contributed by atoms with Crippen molar-refractivity contribution in [2.45, 2.75) is 45.6 Å². The SMILES string of the molecule is CC(C)CN1CCC(CN(C)C2CCOCC2)CC1. The summed E-state index contributed by atoms with van der Waals surface area (Å²) < 4.78 is 5.46. The smallest absolute Gasteiger partial charge is 0.0480 e. The van der Waals surface area contributed by atoms with E-state index in [1.165, 1.54) is 51.9 Å². The molecule has 0 radical (unpaired) electrons. The van der Waals surface area contributed by atoms with Gasteiger partial charge in [-0.05, 0) is 57.7 Å². The van der Waals surface area contributed by atoms with Crippen LogP contribution in [0.2, 0.25) is 0 Å². The van der Waals surface area contributed by atoms with Gasteiger partial charge in [0.25, 0.3) is 0 Å². The molecule has 0 amide bonds. The molecule has 3 nitrogen and oxygen atoms in total. The zero-order valence-corrected chi connectivity index (χ0v) is 13.1. The molecule has 2 aliphatic rings. The molecule has 0 aromatic heterocycles. The van der Waals surface area contributed by atoms with Gasteiger partial charge in [-0.25, -0.2) is 0 Å². The van der Waals surface area contributed by atoms with Crippen molar-refractivity contribution in [1.82, 2.24) is 9.80 Å². The number of rotatable bonds is 5. The molecule has 2 saturated heterocycles. The molecule has 2 rings (SSSR count). The summed E-state index contributed by atoms with van der Waals surface area (Å²) in [6.45, 7) is 11.8. The van der Waals surface area contributed by atoms with Crippen LogP contribution in [0.25, 0.3) is 0 Å². The quantitative estimate of drug-likeness (QED) is 0.762. The van der Waals surface area contributed by atoms with Crippen LogP contribution in [0, 0.1) is 11.8 Å². The molecule has 0 saturated carbocycles. The van der Waals surface area contributed by atoms with Crippen molar-refractivity contribution in [3.05, 3.63) is 0 Å². The topological polar surface area (TPSA) is 15.7 Å². The first-order valence-corrected chi connectivity index (χ1v) is 8.15. The van der Waals surface area contributed by atoms with E-state index in [4.69, 9.17) is 4.74 Å². The lowest BCUT2D eigenvalue weighted by Gasteiger charge is -2.37. The monoisotopic (exact) mass is 268 g/mol. The average molecular weight is 268 g/mol. The Hall–Kier alpha value is -0.120. The van der Waals surface area contributed by atoms with E-state index in [1.807, 2.05) is 0 Å². The van der Waals surface area contributed by atoms with E-state index in [9.17, 15) is 0 Å². The molecular weight excluding hydrogens is 236 g/mol. The minimum absolute atomic E-state index is 0.766. The molecule has 3 heteroatoms. The van der Waals surface area contributed by atoms with Gasteiger partial charge in [-0.3, -0.25) is 0 Å². The average Bonchev–Trinajstić information content (AvgIpc) is 2.41. The Morgan fingerprint density at radius 1 is 1.11 bits per heavy atom. The third-order valence-corrected chi connectivity index (χ3v) is 4.69. The highest BCUT2D eigenvalue weighted by atomic mass is 16.5. The molecule has 0 aromatic carbocycles. The van der Waals surface area contributed by atoms with Crippen LogP contribution in [-0.2, 0) is 4.74 Å². The van der Waals surface area contributed by atoms with E-state index < -0.39 is 0 Å². The van der Waals surface area contributed by atoms with Gasteiger partial charge in [-0.15, -0.1) is 0 Å². The summed E-state index contributed by atoms with van der Waals surface area (Å²) >= 11 is 0. The normalized spacial score (nSPS) is 24.5. The zero-order chi connectivity index (χ0) is 13.7. The number of piperidine rings is 1. The van der Waals surface area contributed by atoms with Gasteiger partial charge in [0, 0.05) is 32.3 Å². The molecule has 2 heterocycles. The molecule has 19 heavy (non-hydrogen) atoms. The molecule has 0 unspecified atom stereocenters. The van der Waals surface area contributed by atoms with Crippen molar-refractivity contribution in [2.75, 3.05) is 46.4 Å². The van der Waals surface area contributed by atoms with Crippen LogP contribution in [0.4, 0.5) is 0 Å². The molecule has 0 spiro atoms. The highest BCUT2D eigenvalue weighted by Crippen LogP contribution is 2.21. The first-order chi connectivity index (χ1) is 9.15. The van der Waals surface area contributed by atoms with Gasteiger partial charge >= 0.3 is 0 Å². The summed E-state index contributed by atoms with van der Waals surface area (Å²) in [7, 11) is 2.32. The summed E-state index contributed by atoms with van der Waals surface area (Å²) in [5.74, 6) is 1.72. The Morgan fingerprint density at radius 3 is 2.32 bits per heavy atom. The number of hydrogen-bond acceptors (Lipinski definition) is 3. The second kappa shape index (κ2) is 7.61. The number of hydrogen-bond donors (Lipinski definition) is 0. The van der Waals surface area contributed by atoms with Crippen LogP contribution in [0.1, 0.15) is 39.5 Å². The molecule has 112 valence electrons. The van der Waals surface area contributed by atoms with Gasteiger partial charge in [0.15, 0.2) is 0 Å². The highest BCUT2D eigenvalue weighted by Gasteiger charge is 2.24. The van der Waals surface area contributed by atoms with Crippen LogP contribution in [0.5, 0.6) is 0 Å². The Balaban J connectivity index is 1.67. The zero-order valence-electron chi connectivity index (χ0n) is 13.1. The van der Waals surface area contributed by atoms with Crippen LogP contribution in [0.3, 0.4) is 0 Å². The molecule has 0 aliphatic carbocycles. The first kappa shape index (κ1) is 15.3. The molecule has 0 aromatic rings.